The second kappa shape index (κ2) is 9.56. The van der Waals surface area contributed by atoms with Crippen LogP contribution in [0.5, 0.6) is 0 Å². The number of hydrogen-bond donors (Lipinski definition) is 1. The summed E-state index contributed by atoms with van der Waals surface area (Å²) >= 11 is 0. The number of nitrogens with one attached hydrogen (secondary N) is 1. The molecule has 1 aliphatic carbocycles. The van der Waals surface area contributed by atoms with E-state index >= 15 is 0 Å². The zero-order valence-electron chi connectivity index (χ0n) is 18.8. The number of alkyl halides is 1. The molecule has 1 saturated heterocycles. The molecule has 182 valence electrons. The van der Waals surface area contributed by atoms with E-state index < -0.39 is 41.7 Å². The highest BCUT2D eigenvalue weighted by Gasteiger charge is 2.41. The fourth-order valence-corrected chi connectivity index (χ4v) is 4.66. The number of amides is 2. The molecule has 3 aromatic rings. The summed E-state index contributed by atoms with van der Waals surface area (Å²) in [4.78, 5) is 31.2. The first-order chi connectivity index (χ1) is 16.9. The van der Waals surface area contributed by atoms with Gasteiger partial charge in [0.2, 0.25) is 17.7 Å². The quantitative estimate of drug-likeness (QED) is 0.546. The van der Waals surface area contributed by atoms with Crippen molar-refractivity contribution in [3.8, 4) is 0 Å². The van der Waals surface area contributed by atoms with E-state index in [9.17, 15) is 22.8 Å². The van der Waals surface area contributed by atoms with E-state index in [1.54, 1.807) is 30.3 Å². The van der Waals surface area contributed by atoms with Crippen LogP contribution >= 0.6 is 0 Å². The molecule has 2 amide bonds. The van der Waals surface area contributed by atoms with Crippen molar-refractivity contribution >= 4 is 11.8 Å². The highest BCUT2D eigenvalue weighted by atomic mass is 19.1. The minimum Gasteiger partial charge on any atom is -0.448 e. The Morgan fingerprint density at radius 3 is 2.46 bits per heavy atom. The van der Waals surface area contributed by atoms with Crippen molar-refractivity contribution in [1.29, 1.82) is 0 Å². The van der Waals surface area contributed by atoms with Gasteiger partial charge in [0.25, 0.3) is 0 Å². The van der Waals surface area contributed by atoms with Gasteiger partial charge in [0, 0.05) is 12.0 Å². The first-order valence-electron chi connectivity index (χ1n) is 11.6. The molecule has 2 heterocycles. The van der Waals surface area contributed by atoms with Crippen LogP contribution in [0.15, 0.2) is 59.3 Å². The Bertz CT molecular complexity index is 1190. The third-order valence-electron chi connectivity index (χ3n) is 6.50. The highest BCUT2D eigenvalue weighted by Crippen LogP contribution is 2.43. The topological polar surface area (TPSA) is 75.4 Å². The number of hydrogen-bond acceptors (Lipinski definition) is 4. The van der Waals surface area contributed by atoms with E-state index in [2.05, 4.69) is 10.3 Å². The van der Waals surface area contributed by atoms with Gasteiger partial charge in [-0.15, -0.1) is 0 Å². The molecule has 35 heavy (non-hydrogen) atoms. The van der Waals surface area contributed by atoms with Gasteiger partial charge >= 0.3 is 0 Å². The average Bonchev–Trinajstić information content (AvgIpc) is 3.37. The summed E-state index contributed by atoms with van der Waals surface area (Å²) in [5.41, 5.74) is 0.911. The van der Waals surface area contributed by atoms with Crippen LogP contribution in [0, 0.1) is 11.6 Å². The van der Waals surface area contributed by atoms with Crippen molar-refractivity contribution in [3.63, 3.8) is 0 Å². The molecule has 1 saturated carbocycles. The van der Waals surface area contributed by atoms with Crippen molar-refractivity contribution in [2.75, 3.05) is 6.54 Å². The summed E-state index contributed by atoms with van der Waals surface area (Å²) in [6.07, 6.45) is 2.46. The van der Waals surface area contributed by atoms with E-state index in [0.29, 0.717) is 5.56 Å². The van der Waals surface area contributed by atoms with E-state index in [1.165, 1.54) is 29.5 Å². The number of carbonyl (C=O) groups excluding carboxylic acids is 2. The summed E-state index contributed by atoms with van der Waals surface area (Å²) in [5.74, 6) is -2.34. The first kappa shape index (κ1) is 23.1. The second-order valence-electron chi connectivity index (χ2n) is 9.02. The number of carbonyl (C=O) groups is 2. The molecule has 1 aliphatic heterocycles. The van der Waals surface area contributed by atoms with Gasteiger partial charge in [0.1, 0.15) is 36.5 Å². The fraction of sp³-hybridized carbons (Fsp3) is 0.346. The lowest BCUT2D eigenvalue weighted by molar-refractivity contribution is -0.138. The number of rotatable bonds is 7. The molecule has 3 atom stereocenters. The van der Waals surface area contributed by atoms with E-state index in [0.717, 1.165) is 12.8 Å². The zero-order chi connectivity index (χ0) is 24.5. The Morgan fingerprint density at radius 2 is 1.83 bits per heavy atom. The van der Waals surface area contributed by atoms with E-state index in [1.807, 2.05) is 0 Å². The summed E-state index contributed by atoms with van der Waals surface area (Å²) in [6, 6.07) is 9.27. The van der Waals surface area contributed by atoms with Crippen molar-refractivity contribution < 1.29 is 27.2 Å². The molecule has 2 fully saturated rings. The molecule has 2 aliphatic rings. The van der Waals surface area contributed by atoms with Gasteiger partial charge < -0.3 is 14.6 Å². The van der Waals surface area contributed by atoms with Crippen LogP contribution in [0.4, 0.5) is 13.2 Å². The van der Waals surface area contributed by atoms with Gasteiger partial charge in [0.05, 0.1) is 18.8 Å². The molecule has 1 N–H and O–H groups in total. The van der Waals surface area contributed by atoms with E-state index in [4.69, 9.17) is 4.42 Å². The maximum Gasteiger partial charge on any atom is 0.243 e. The van der Waals surface area contributed by atoms with Crippen LogP contribution in [0.2, 0.25) is 0 Å². The van der Waals surface area contributed by atoms with Gasteiger partial charge in [-0.05, 0) is 42.0 Å². The summed E-state index contributed by atoms with van der Waals surface area (Å²) in [6.45, 7) is -0.229. The van der Waals surface area contributed by atoms with E-state index in [-0.39, 0.29) is 42.3 Å². The lowest BCUT2D eigenvalue weighted by Gasteiger charge is -2.27. The van der Waals surface area contributed by atoms with Gasteiger partial charge in [-0.3, -0.25) is 9.59 Å². The summed E-state index contributed by atoms with van der Waals surface area (Å²) < 4.78 is 49.1. The van der Waals surface area contributed by atoms with Gasteiger partial charge in [0.15, 0.2) is 0 Å². The number of oxazole rings is 1. The zero-order valence-corrected chi connectivity index (χ0v) is 18.8. The lowest BCUT2D eigenvalue weighted by Crippen LogP contribution is -2.47. The van der Waals surface area contributed by atoms with Gasteiger partial charge in [-0.2, -0.15) is 0 Å². The smallest absolute Gasteiger partial charge is 0.243 e. The third kappa shape index (κ3) is 4.94. The number of nitrogens with zero attached hydrogens (tertiary/aromatic N) is 2. The first-order valence-corrected chi connectivity index (χ1v) is 11.6. The highest BCUT2D eigenvalue weighted by molar-refractivity contribution is 5.89. The van der Waals surface area contributed by atoms with Gasteiger partial charge in [-0.1, -0.05) is 30.3 Å². The standard InChI is InChI=1S/C26H24F3N3O3/c27-18-12-21(32(14-18)23(33)13-22-30-8-9-35-22)26(34)31-25(16-4-2-1-3-5-16)17-10-19(28)24(15-6-7-15)20(29)11-17/h1-5,8-11,15,18,21,25H,6-7,12-14H2,(H,31,34)/t18-,21+,25?/m1/s1. The normalized spacial score (nSPS) is 20.6. The molecule has 1 aromatic heterocycles. The summed E-state index contributed by atoms with van der Waals surface area (Å²) in [7, 11) is 0. The molecular formula is C26H24F3N3O3. The number of benzene rings is 2. The molecule has 5 rings (SSSR count). The average molecular weight is 483 g/mol. The fourth-order valence-electron chi connectivity index (χ4n) is 4.66. The lowest BCUT2D eigenvalue weighted by atomic mass is 9.95. The Morgan fingerprint density at radius 1 is 1.11 bits per heavy atom. The van der Waals surface area contributed by atoms with Crippen molar-refractivity contribution in [2.45, 2.75) is 49.9 Å². The predicted molar refractivity (Wildman–Crippen MR) is 120 cm³/mol. The largest absolute Gasteiger partial charge is 0.448 e. The summed E-state index contributed by atoms with van der Waals surface area (Å²) in [5, 5.41) is 2.80. The van der Waals surface area contributed by atoms with Crippen LogP contribution in [-0.2, 0) is 16.0 Å². The molecule has 2 aromatic carbocycles. The Kier molecular flexibility index (Phi) is 6.32. The van der Waals surface area contributed by atoms with Gasteiger partial charge in [-0.25, -0.2) is 18.2 Å². The van der Waals surface area contributed by atoms with Crippen molar-refractivity contribution in [3.05, 3.63) is 89.1 Å². The Labute approximate surface area is 200 Å². The molecular weight excluding hydrogens is 459 g/mol. The van der Waals surface area contributed by atoms with Crippen molar-refractivity contribution in [2.24, 2.45) is 0 Å². The van der Waals surface area contributed by atoms with Crippen molar-refractivity contribution in [1.82, 2.24) is 15.2 Å². The maximum atomic E-state index is 14.8. The van der Waals surface area contributed by atoms with Crippen LogP contribution in [0.1, 0.15) is 53.8 Å². The third-order valence-corrected chi connectivity index (χ3v) is 6.50. The number of likely N-dealkylation sites (tertiary alicyclic amines) is 1. The minimum atomic E-state index is -1.37. The molecule has 0 spiro atoms. The SMILES string of the molecule is O=C(NC(c1ccccc1)c1cc(F)c(C2CC2)c(F)c1)[C@@H]1C[C@@H](F)CN1C(=O)Cc1ncco1. The maximum absolute atomic E-state index is 14.8. The molecule has 0 bridgehead atoms. The monoisotopic (exact) mass is 483 g/mol. The van der Waals surface area contributed by atoms with Crippen LogP contribution in [0.3, 0.4) is 0 Å². The second-order valence-corrected chi connectivity index (χ2v) is 9.02. The molecule has 1 unspecified atom stereocenters. The number of halogens is 3. The Balaban J connectivity index is 1.41. The molecule has 9 heteroatoms. The Hall–Kier alpha value is -3.62. The minimum absolute atomic E-state index is 0.0752. The molecule has 0 radical (unpaired) electrons. The number of aromatic nitrogens is 1. The van der Waals surface area contributed by atoms with Crippen LogP contribution in [-0.4, -0.2) is 40.5 Å². The van der Waals surface area contributed by atoms with Crippen LogP contribution in [0.25, 0.3) is 0 Å². The van der Waals surface area contributed by atoms with Crippen LogP contribution < -0.4 is 5.32 Å². The predicted octanol–water partition coefficient (Wildman–Crippen LogP) is 4.22. The molecule has 6 nitrogen and oxygen atoms in total.